The fraction of sp³-hybridized carbons (Fsp3) is 0.421. The Morgan fingerprint density at radius 3 is 2.70 bits per heavy atom. The average Bonchev–Trinajstić information content (AvgIpc) is 3.10. The molecule has 0 spiro atoms. The standard InChI is InChI=1S/C19H26N2O4S2/c1-15-7-8-16(2)18(12-15)21(27(3,23)24)13-19(22)20-9-5-11-26-14-17-6-4-10-25-17/h4,6-8,10,12H,5,9,11,13-14H2,1-3H3,(H,20,22). The lowest BCUT2D eigenvalue weighted by Crippen LogP contribution is -2.41. The van der Waals surface area contributed by atoms with Crippen LogP contribution in [0.15, 0.2) is 41.0 Å². The molecule has 0 aliphatic rings. The van der Waals surface area contributed by atoms with E-state index >= 15 is 0 Å². The van der Waals surface area contributed by atoms with Crippen LogP contribution in [0.5, 0.6) is 0 Å². The molecule has 1 aromatic carbocycles. The summed E-state index contributed by atoms with van der Waals surface area (Å²) in [6, 6.07) is 9.35. The molecule has 0 unspecified atom stereocenters. The van der Waals surface area contributed by atoms with E-state index in [4.69, 9.17) is 4.42 Å². The van der Waals surface area contributed by atoms with Crippen molar-refractivity contribution in [1.29, 1.82) is 0 Å². The second-order valence-electron chi connectivity index (χ2n) is 6.40. The molecule has 148 valence electrons. The van der Waals surface area contributed by atoms with Crippen molar-refractivity contribution >= 4 is 33.4 Å². The van der Waals surface area contributed by atoms with Gasteiger partial charge in [0.2, 0.25) is 15.9 Å². The van der Waals surface area contributed by atoms with Crippen molar-refractivity contribution in [3.05, 3.63) is 53.5 Å². The molecule has 0 fully saturated rings. The van der Waals surface area contributed by atoms with Crippen LogP contribution < -0.4 is 9.62 Å². The van der Waals surface area contributed by atoms with E-state index in [-0.39, 0.29) is 12.5 Å². The Hall–Kier alpha value is -1.93. The van der Waals surface area contributed by atoms with Crippen LogP contribution in [0.4, 0.5) is 5.69 Å². The van der Waals surface area contributed by atoms with Gasteiger partial charge >= 0.3 is 0 Å². The molecule has 0 aliphatic carbocycles. The third-order valence-corrected chi connectivity index (χ3v) is 6.13. The van der Waals surface area contributed by atoms with Gasteiger partial charge in [-0.2, -0.15) is 11.8 Å². The number of rotatable bonds is 10. The number of thioether (sulfide) groups is 1. The Labute approximate surface area is 165 Å². The minimum absolute atomic E-state index is 0.220. The molecule has 0 aliphatic heterocycles. The number of furan rings is 1. The number of nitrogens with one attached hydrogen (secondary N) is 1. The first-order valence-corrected chi connectivity index (χ1v) is 11.7. The lowest BCUT2D eigenvalue weighted by Gasteiger charge is -2.24. The van der Waals surface area contributed by atoms with Crippen LogP contribution in [0.3, 0.4) is 0 Å². The van der Waals surface area contributed by atoms with Crippen LogP contribution in [0.2, 0.25) is 0 Å². The third kappa shape index (κ3) is 6.95. The molecule has 1 heterocycles. The van der Waals surface area contributed by atoms with Crippen LogP contribution in [-0.2, 0) is 20.6 Å². The van der Waals surface area contributed by atoms with Crippen molar-refractivity contribution < 1.29 is 17.6 Å². The van der Waals surface area contributed by atoms with Gasteiger partial charge < -0.3 is 9.73 Å². The summed E-state index contributed by atoms with van der Waals surface area (Å²) in [5.41, 5.74) is 2.30. The normalized spacial score (nSPS) is 11.4. The zero-order valence-corrected chi connectivity index (χ0v) is 17.5. The van der Waals surface area contributed by atoms with Gasteiger partial charge in [-0.25, -0.2) is 8.42 Å². The molecular formula is C19H26N2O4S2. The van der Waals surface area contributed by atoms with Crippen molar-refractivity contribution in [3.8, 4) is 0 Å². The molecule has 6 nitrogen and oxygen atoms in total. The monoisotopic (exact) mass is 410 g/mol. The zero-order valence-electron chi connectivity index (χ0n) is 15.9. The predicted octanol–water partition coefficient (Wildman–Crippen LogP) is 3.10. The zero-order chi connectivity index (χ0) is 19.9. The molecule has 1 amide bonds. The van der Waals surface area contributed by atoms with Gasteiger partial charge in [0.05, 0.1) is 24.0 Å². The number of carbonyl (C=O) groups excluding carboxylic acids is 1. The van der Waals surface area contributed by atoms with Crippen LogP contribution >= 0.6 is 11.8 Å². The van der Waals surface area contributed by atoms with Gasteiger partial charge in [-0.1, -0.05) is 12.1 Å². The summed E-state index contributed by atoms with van der Waals surface area (Å²) in [7, 11) is -3.56. The second-order valence-corrected chi connectivity index (χ2v) is 9.41. The fourth-order valence-corrected chi connectivity index (χ4v) is 4.29. The molecule has 0 bridgehead atoms. The van der Waals surface area contributed by atoms with Crippen molar-refractivity contribution in [2.45, 2.75) is 26.0 Å². The minimum atomic E-state index is -3.56. The van der Waals surface area contributed by atoms with Gasteiger partial charge in [0.25, 0.3) is 0 Å². The quantitative estimate of drug-likeness (QED) is 0.609. The van der Waals surface area contributed by atoms with Crippen LogP contribution in [0.25, 0.3) is 0 Å². The molecule has 0 radical (unpaired) electrons. The molecule has 0 saturated heterocycles. The molecule has 27 heavy (non-hydrogen) atoms. The van der Waals surface area contributed by atoms with E-state index in [1.165, 1.54) is 0 Å². The fourth-order valence-electron chi connectivity index (χ4n) is 2.53. The maximum atomic E-state index is 12.3. The van der Waals surface area contributed by atoms with Gasteiger partial charge in [0.15, 0.2) is 0 Å². The number of nitrogens with zero attached hydrogens (tertiary/aromatic N) is 1. The topological polar surface area (TPSA) is 79.6 Å². The van der Waals surface area contributed by atoms with Crippen LogP contribution in [0, 0.1) is 13.8 Å². The van der Waals surface area contributed by atoms with Gasteiger partial charge in [-0.05, 0) is 55.3 Å². The Morgan fingerprint density at radius 1 is 1.26 bits per heavy atom. The van der Waals surface area contributed by atoms with Crippen molar-refractivity contribution in [3.63, 3.8) is 0 Å². The second kappa shape index (κ2) is 9.85. The van der Waals surface area contributed by atoms with E-state index in [2.05, 4.69) is 5.32 Å². The Kier molecular flexibility index (Phi) is 7.79. The van der Waals surface area contributed by atoms with E-state index in [0.29, 0.717) is 12.2 Å². The maximum absolute atomic E-state index is 12.3. The van der Waals surface area contributed by atoms with Crippen molar-refractivity contribution in [1.82, 2.24) is 5.32 Å². The highest BCUT2D eigenvalue weighted by molar-refractivity contribution is 7.98. The molecule has 1 aromatic heterocycles. The van der Waals surface area contributed by atoms with Gasteiger partial charge in [-0.15, -0.1) is 0 Å². The molecule has 8 heteroatoms. The first-order chi connectivity index (χ1) is 12.8. The predicted molar refractivity (Wildman–Crippen MR) is 111 cm³/mol. The van der Waals surface area contributed by atoms with Gasteiger partial charge in [0, 0.05) is 6.54 Å². The smallest absolute Gasteiger partial charge is 0.240 e. The highest BCUT2D eigenvalue weighted by atomic mass is 32.2. The number of hydrogen-bond donors (Lipinski definition) is 1. The number of aryl methyl sites for hydroxylation is 2. The van der Waals surface area contributed by atoms with E-state index in [1.807, 2.05) is 38.1 Å². The van der Waals surface area contributed by atoms with Crippen molar-refractivity contribution in [2.24, 2.45) is 0 Å². The Morgan fingerprint density at radius 2 is 2.04 bits per heavy atom. The summed E-state index contributed by atoms with van der Waals surface area (Å²) >= 11 is 1.73. The highest BCUT2D eigenvalue weighted by Gasteiger charge is 2.22. The largest absolute Gasteiger partial charge is 0.468 e. The van der Waals surface area contributed by atoms with Gasteiger partial charge in [0.1, 0.15) is 12.3 Å². The number of benzene rings is 1. The van der Waals surface area contributed by atoms with Crippen LogP contribution in [0.1, 0.15) is 23.3 Å². The first kappa shape index (κ1) is 21.4. The lowest BCUT2D eigenvalue weighted by atomic mass is 10.1. The summed E-state index contributed by atoms with van der Waals surface area (Å²) in [6.45, 7) is 4.02. The summed E-state index contributed by atoms with van der Waals surface area (Å²) < 4.78 is 30.8. The van der Waals surface area contributed by atoms with Crippen molar-refractivity contribution in [2.75, 3.05) is 29.4 Å². The summed E-state index contributed by atoms with van der Waals surface area (Å²) in [5.74, 6) is 2.31. The number of sulfonamides is 1. The maximum Gasteiger partial charge on any atom is 0.240 e. The summed E-state index contributed by atoms with van der Waals surface area (Å²) in [4.78, 5) is 12.3. The number of amides is 1. The lowest BCUT2D eigenvalue weighted by molar-refractivity contribution is -0.119. The van der Waals surface area contributed by atoms with E-state index < -0.39 is 10.0 Å². The SMILES string of the molecule is Cc1ccc(C)c(N(CC(=O)NCCCSCc2ccco2)S(C)(=O)=O)c1. The van der Waals surface area contributed by atoms with Gasteiger partial charge in [-0.3, -0.25) is 9.10 Å². The number of carbonyl (C=O) groups is 1. The molecule has 1 N–H and O–H groups in total. The van der Waals surface area contributed by atoms with Crippen LogP contribution in [-0.4, -0.2) is 39.4 Å². The molecule has 2 rings (SSSR count). The summed E-state index contributed by atoms with van der Waals surface area (Å²) in [6.07, 6.45) is 3.58. The molecular weight excluding hydrogens is 384 g/mol. The Bertz CT molecular complexity index is 849. The number of hydrogen-bond acceptors (Lipinski definition) is 5. The Balaban J connectivity index is 1.83. The molecule has 0 atom stereocenters. The third-order valence-electron chi connectivity index (χ3n) is 3.93. The average molecular weight is 411 g/mol. The van der Waals surface area contributed by atoms with E-state index in [1.54, 1.807) is 24.1 Å². The van der Waals surface area contributed by atoms with E-state index in [9.17, 15) is 13.2 Å². The molecule has 0 saturated carbocycles. The highest BCUT2D eigenvalue weighted by Crippen LogP contribution is 2.23. The summed E-state index contributed by atoms with van der Waals surface area (Å²) in [5, 5.41) is 2.80. The minimum Gasteiger partial charge on any atom is -0.468 e. The molecule has 2 aromatic rings. The number of anilines is 1. The van der Waals surface area contributed by atoms with E-state index in [0.717, 1.165) is 45.4 Å². The first-order valence-electron chi connectivity index (χ1n) is 8.69.